The summed E-state index contributed by atoms with van der Waals surface area (Å²) < 4.78 is 0.686. The highest BCUT2D eigenvalue weighted by atomic mass is 127. The Hall–Kier alpha value is -1.37. The van der Waals surface area contributed by atoms with Gasteiger partial charge in [-0.15, -0.1) is 0 Å². The number of nitrogens with one attached hydrogen (secondary N) is 1. The van der Waals surface area contributed by atoms with Crippen LogP contribution in [0.25, 0.3) is 0 Å². The number of thioether (sulfide) groups is 1. The van der Waals surface area contributed by atoms with Crippen LogP contribution in [0.1, 0.15) is 36.1 Å². The maximum absolute atomic E-state index is 12.2. The summed E-state index contributed by atoms with van der Waals surface area (Å²) in [5, 5.41) is 9.50. The van der Waals surface area contributed by atoms with Crippen LogP contribution in [0.4, 0.5) is 0 Å². The van der Waals surface area contributed by atoms with Gasteiger partial charge < -0.3 is 4.98 Å². The number of rotatable bonds is 5. The number of hydrogen-bond acceptors (Lipinski definition) is 5. The number of likely N-dealkylation sites (tertiary alicyclic amines) is 1. The zero-order valence-corrected chi connectivity index (χ0v) is 16.8. The van der Waals surface area contributed by atoms with Gasteiger partial charge in [-0.1, -0.05) is 30.3 Å². The molecule has 1 aromatic heterocycles. The van der Waals surface area contributed by atoms with Crippen molar-refractivity contribution in [3.63, 3.8) is 0 Å². The fourth-order valence-electron chi connectivity index (χ4n) is 2.81. The Bertz CT molecular complexity index is 822. The first-order valence-corrected chi connectivity index (χ1v) is 10.3. The minimum Gasteiger partial charge on any atom is -0.301 e. The summed E-state index contributed by atoms with van der Waals surface area (Å²) in [5.74, 6) is 0.707. The molecule has 2 aromatic rings. The van der Waals surface area contributed by atoms with Crippen LogP contribution in [0.3, 0.4) is 0 Å². The minimum atomic E-state index is -0.0649. The number of hydrogen-bond donors (Lipinski definition) is 1. The lowest BCUT2D eigenvalue weighted by Crippen LogP contribution is -2.31. The number of aromatic amines is 1. The van der Waals surface area contributed by atoms with Gasteiger partial charge in [-0.2, -0.15) is 5.26 Å². The molecule has 0 unspecified atom stereocenters. The van der Waals surface area contributed by atoms with E-state index < -0.39 is 0 Å². The summed E-state index contributed by atoms with van der Waals surface area (Å²) in [5.41, 5.74) is 2.56. The van der Waals surface area contributed by atoms with E-state index in [2.05, 4.69) is 43.5 Å². The standard InChI is InChI=1S/C18H19IN4OS/c19-16-15(11-23-8-2-1-3-9-23)21-18(22-17(16)24)25-12-14-6-4-13(10-20)5-7-14/h4-7H,1-3,8-9,11-12H2,(H,21,22,24). The lowest BCUT2D eigenvalue weighted by Gasteiger charge is -2.26. The third kappa shape index (κ3) is 5.06. The Kier molecular flexibility index (Phi) is 6.51. The molecule has 7 heteroatoms. The van der Waals surface area contributed by atoms with Crippen LogP contribution >= 0.6 is 34.4 Å². The van der Waals surface area contributed by atoms with E-state index in [1.165, 1.54) is 31.0 Å². The lowest BCUT2D eigenvalue weighted by molar-refractivity contribution is 0.217. The highest BCUT2D eigenvalue weighted by molar-refractivity contribution is 14.1. The fraction of sp³-hybridized carbons (Fsp3) is 0.389. The Morgan fingerprint density at radius 1 is 1.24 bits per heavy atom. The first kappa shape index (κ1) is 18.4. The van der Waals surface area contributed by atoms with Gasteiger partial charge in [-0.25, -0.2) is 4.98 Å². The second kappa shape index (κ2) is 8.83. The molecule has 1 aliphatic heterocycles. The van der Waals surface area contributed by atoms with Gasteiger partial charge in [0.1, 0.15) is 3.57 Å². The second-order valence-corrected chi connectivity index (χ2v) is 8.11. The quantitative estimate of drug-likeness (QED) is 0.415. The van der Waals surface area contributed by atoms with Crippen molar-refractivity contribution in [1.29, 1.82) is 5.26 Å². The van der Waals surface area contributed by atoms with Crippen LogP contribution in [0, 0.1) is 14.9 Å². The minimum absolute atomic E-state index is 0.0649. The van der Waals surface area contributed by atoms with Gasteiger partial charge in [0.05, 0.1) is 17.3 Å². The number of H-pyrrole nitrogens is 1. The molecule has 2 heterocycles. The fourth-order valence-corrected chi connectivity index (χ4v) is 4.07. The molecule has 1 aliphatic rings. The molecule has 5 nitrogen and oxygen atoms in total. The van der Waals surface area contributed by atoms with Gasteiger partial charge in [-0.3, -0.25) is 9.69 Å². The highest BCUT2D eigenvalue weighted by Gasteiger charge is 2.15. The van der Waals surface area contributed by atoms with Crippen molar-refractivity contribution in [2.45, 2.75) is 36.7 Å². The number of aromatic nitrogens is 2. The summed E-state index contributed by atoms with van der Waals surface area (Å²) in [7, 11) is 0. The number of piperidine rings is 1. The summed E-state index contributed by atoms with van der Waals surface area (Å²) in [4.78, 5) is 22.1. The van der Waals surface area contributed by atoms with Crippen LogP contribution in [-0.4, -0.2) is 28.0 Å². The van der Waals surface area contributed by atoms with Crippen molar-refractivity contribution < 1.29 is 0 Å². The average Bonchev–Trinajstić information content (AvgIpc) is 2.65. The molecular formula is C18H19IN4OS. The third-order valence-electron chi connectivity index (χ3n) is 4.19. The zero-order valence-electron chi connectivity index (χ0n) is 13.8. The Morgan fingerprint density at radius 3 is 2.64 bits per heavy atom. The van der Waals surface area contributed by atoms with Gasteiger partial charge in [0, 0.05) is 12.3 Å². The van der Waals surface area contributed by atoms with Crippen molar-refractivity contribution in [3.8, 4) is 6.07 Å². The molecule has 0 saturated carbocycles. The Morgan fingerprint density at radius 2 is 1.96 bits per heavy atom. The van der Waals surface area contributed by atoms with Gasteiger partial charge in [0.25, 0.3) is 5.56 Å². The molecule has 0 aliphatic carbocycles. The molecule has 0 bridgehead atoms. The normalized spacial score (nSPS) is 15.0. The molecule has 0 spiro atoms. The predicted molar refractivity (Wildman–Crippen MR) is 107 cm³/mol. The van der Waals surface area contributed by atoms with E-state index in [9.17, 15) is 4.79 Å². The van der Waals surface area contributed by atoms with Gasteiger partial charge in [0.15, 0.2) is 5.16 Å². The van der Waals surface area contributed by atoms with E-state index in [-0.39, 0.29) is 5.56 Å². The molecular weight excluding hydrogens is 447 g/mol. The summed E-state index contributed by atoms with van der Waals surface area (Å²) in [6.45, 7) is 2.91. The second-order valence-electron chi connectivity index (χ2n) is 6.07. The molecule has 130 valence electrons. The smallest absolute Gasteiger partial charge is 0.265 e. The average molecular weight is 466 g/mol. The summed E-state index contributed by atoms with van der Waals surface area (Å²) in [6, 6.07) is 9.60. The van der Waals surface area contributed by atoms with Crippen molar-refractivity contribution in [2.24, 2.45) is 0 Å². The van der Waals surface area contributed by atoms with Crippen LogP contribution in [-0.2, 0) is 12.3 Å². The van der Waals surface area contributed by atoms with Gasteiger partial charge >= 0.3 is 0 Å². The molecule has 1 aromatic carbocycles. The first-order valence-electron chi connectivity index (χ1n) is 8.28. The number of nitriles is 1. The predicted octanol–water partition coefficient (Wildman–Crippen LogP) is 3.52. The molecule has 0 amide bonds. The van der Waals surface area contributed by atoms with E-state index >= 15 is 0 Å². The molecule has 3 rings (SSSR count). The Balaban J connectivity index is 1.70. The Labute approximate surface area is 165 Å². The number of nitrogens with zero attached hydrogens (tertiary/aromatic N) is 3. The van der Waals surface area contributed by atoms with E-state index in [1.54, 1.807) is 0 Å². The maximum atomic E-state index is 12.2. The van der Waals surface area contributed by atoms with Crippen LogP contribution < -0.4 is 5.56 Å². The van der Waals surface area contributed by atoms with Gasteiger partial charge in [-0.05, 0) is 66.2 Å². The van der Waals surface area contributed by atoms with Crippen molar-refractivity contribution in [2.75, 3.05) is 13.1 Å². The monoisotopic (exact) mass is 466 g/mol. The molecule has 1 fully saturated rings. The molecule has 1 saturated heterocycles. The first-order chi connectivity index (χ1) is 12.2. The number of halogens is 1. The van der Waals surface area contributed by atoms with Crippen molar-refractivity contribution >= 4 is 34.4 Å². The SMILES string of the molecule is N#Cc1ccc(CSc2nc(CN3CCCCC3)c(I)c(=O)[nH]2)cc1. The largest absolute Gasteiger partial charge is 0.301 e. The summed E-state index contributed by atoms with van der Waals surface area (Å²) >= 11 is 3.61. The van der Waals surface area contributed by atoms with E-state index in [0.717, 1.165) is 30.9 Å². The lowest BCUT2D eigenvalue weighted by atomic mass is 10.1. The van der Waals surface area contributed by atoms with Gasteiger partial charge in [0.2, 0.25) is 0 Å². The molecule has 0 atom stereocenters. The van der Waals surface area contributed by atoms with E-state index in [4.69, 9.17) is 5.26 Å². The van der Waals surface area contributed by atoms with Crippen LogP contribution in [0.5, 0.6) is 0 Å². The molecule has 1 N–H and O–H groups in total. The van der Waals surface area contributed by atoms with E-state index in [0.29, 0.717) is 20.0 Å². The van der Waals surface area contributed by atoms with Crippen LogP contribution in [0.2, 0.25) is 0 Å². The van der Waals surface area contributed by atoms with Crippen LogP contribution in [0.15, 0.2) is 34.2 Å². The number of benzene rings is 1. The molecule has 25 heavy (non-hydrogen) atoms. The van der Waals surface area contributed by atoms with Crippen molar-refractivity contribution in [1.82, 2.24) is 14.9 Å². The molecule has 0 radical (unpaired) electrons. The maximum Gasteiger partial charge on any atom is 0.265 e. The highest BCUT2D eigenvalue weighted by Crippen LogP contribution is 2.21. The summed E-state index contributed by atoms with van der Waals surface area (Å²) in [6.07, 6.45) is 3.74. The third-order valence-corrected chi connectivity index (χ3v) is 6.25. The topological polar surface area (TPSA) is 72.8 Å². The van der Waals surface area contributed by atoms with Crippen molar-refractivity contribution in [3.05, 3.63) is 55.0 Å². The zero-order chi connectivity index (χ0) is 17.6. The van der Waals surface area contributed by atoms with E-state index in [1.807, 2.05) is 24.3 Å².